The van der Waals surface area contributed by atoms with Gasteiger partial charge in [0.25, 0.3) is 0 Å². The lowest BCUT2D eigenvalue weighted by molar-refractivity contribution is -0.155. The monoisotopic (exact) mass is 217 g/mol. The van der Waals surface area contributed by atoms with Crippen LogP contribution in [0.15, 0.2) is 0 Å². The standard InChI is InChI=1S/C10H19NO4/c1-3-9(10(12)13)14-6-8-5-11-4-7(2)15-8/h7-9,11H,3-6H2,1-2H3,(H,12,13). The molecule has 1 saturated heterocycles. The van der Waals surface area contributed by atoms with Crippen LogP contribution in [0, 0.1) is 0 Å². The fourth-order valence-corrected chi connectivity index (χ4v) is 1.56. The van der Waals surface area contributed by atoms with Crippen LogP contribution in [0.25, 0.3) is 0 Å². The first kappa shape index (κ1) is 12.4. The van der Waals surface area contributed by atoms with Crippen molar-refractivity contribution in [1.82, 2.24) is 5.32 Å². The number of carbonyl (C=O) groups is 1. The van der Waals surface area contributed by atoms with E-state index in [1.54, 1.807) is 6.92 Å². The molecule has 0 saturated carbocycles. The first-order valence-corrected chi connectivity index (χ1v) is 5.34. The molecule has 1 aliphatic heterocycles. The van der Waals surface area contributed by atoms with E-state index in [1.165, 1.54) is 0 Å². The van der Waals surface area contributed by atoms with Gasteiger partial charge in [-0.3, -0.25) is 0 Å². The van der Waals surface area contributed by atoms with Crippen LogP contribution >= 0.6 is 0 Å². The Morgan fingerprint density at radius 3 is 2.93 bits per heavy atom. The molecule has 15 heavy (non-hydrogen) atoms. The number of hydrogen-bond acceptors (Lipinski definition) is 4. The summed E-state index contributed by atoms with van der Waals surface area (Å²) in [6.07, 6.45) is -0.115. The van der Waals surface area contributed by atoms with Gasteiger partial charge < -0.3 is 19.9 Å². The molecule has 1 fully saturated rings. The molecule has 0 amide bonds. The van der Waals surface area contributed by atoms with Crippen molar-refractivity contribution in [2.45, 2.75) is 38.6 Å². The highest BCUT2D eigenvalue weighted by Gasteiger charge is 2.22. The Bertz CT molecular complexity index is 210. The molecule has 1 rings (SSSR count). The number of carboxylic acid groups (broad SMARTS) is 1. The van der Waals surface area contributed by atoms with Gasteiger partial charge in [0.1, 0.15) is 0 Å². The summed E-state index contributed by atoms with van der Waals surface area (Å²) >= 11 is 0. The van der Waals surface area contributed by atoms with Gasteiger partial charge in [0.05, 0.1) is 18.8 Å². The number of morpholine rings is 1. The molecular formula is C10H19NO4. The normalized spacial score (nSPS) is 28.7. The summed E-state index contributed by atoms with van der Waals surface area (Å²) in [5.74, 6) is -0.908. The maximum absolute atomic E-state index is 10.7. The molecule has 0 bridgehead atoms. The summed E-state index contributed by atoms with van der Waals surface area (Å²) in [5.41, 5.74) is 0. The highest BCUT2D eigenvalue weighted by atomic mass is 16.6. The van der Waals surface area contributed by atoms with Crippen LogP contribution in [-0.2, 0) is 14.3 Å². The third-order valence-corrected chi connectivity index (χ3v) is 2.36. The minimum absolute atomic E-state index is 0.0397. The number of nitrogens with one attached hydrogen (secondary N) is 1. The number of hydrogen-bond donors (Lipinski definition) is 2. The quantitative estimate of drug-likeness (QED) is 0.690. The smallest absolute Gasteiger partial charge is 0.332 e. The molecule has 5 heteroatoms. The molecule has 1 heterocycles. The molecule has 0 aromatic carbocycles. The fourth-order valence-electron chi connectivity index (χ4n) is 1.56. The number of rotatable bonds is 5. The third kappa shape index (κ3) is 4.15. The number of aliphatic carboxylic acids is 1. The molecule has 0 spiro atoms. The van der Waals surface area contributed by atoms with Gasteiger partial charge in [-0.15, -0.1) is 0 Å². The minimum atomic E-state index is -0.908. The average molecular weight is 217 g/mol. The van der Waals surface area contributed by atoms with Crippen molar-refractivity contribution in [3.63, 3.8) is 0 Å². The van der Waals surface area contributed by atoms with Crippen molar-refractivity contribution >= 4 is 5.97 Å². The van der Waals surface area contributed by atoms with Crippen LogP contribution < -0.4 is 5.32 Å². The van der Waals surface area contributed by atoms with E-state index < -0.39 is 12.1 Å². The van der Waals surface area contributed by atoms with Gasteiger partial charge in [0.15, 0.2) is 6.10 Å². The molecule has 3 unspecified atom stereocenters. The highest BCUT2D eigenvalue weighted by Crippen LogP contribution is 2.06. The second-order valence-corrected chi connectivity index (χ2v) is 3.80. The summed E-state index contributed by atoms with van der Waals surface area (Å²) in [4.78, 5) is 10.7. The number of ether oxygens (including phenoxy) is 2. The SMILES string of the molecule is CCC(OCC1CNCC(C)O1)C(=O)O. The Kier molecular flexibility index (Phi) is 5.01. The molecule has 0 aliphatic carbocycles. The molecule has 5 nitrogen and oxygen atoms in total. The van der Waals surface area contributed by atoms with Crippen molar-refractivity contribution in [2.24, 2.45) is 0 Å². The Morgan fingerprint density at radius 2 is 2.40 bits per heavy atom. The van der Waals surface area contributed by atoms with Gasteiger partial charge in [-0.1, -0.05) is 6.92 Å². The van der Waals surface area contributed by atoms with Crippen molar-refractivity contribution in [2.75, 3.05) is 19.7 Å². The topological polar surface area (TPSA) is 67.8 Å². The third-order valence-electron chi connectivity index (χ3n) is 2.36. The zero-order chi connectivity index (χ0) is 11.3. The van der Waals surface area contributed by atoms with Gasteiger partial charge in [-0.25, -0.2) is 4.79 Å². The van der Waals surface area contributed by atoms with Crippen LogP contribution in [-0.4, -0.2) is 49.1 Å². The van der Waals surface area contributed by atoms with Crippen LogP contribution in [0.2, 0.25) is 0 Å². The summed E-state index contributed by atoms with van der Waals surface area (Å²) < 4.78 is 10.9. The molecule has 0 radical (unpaired) electrons. The maximum atomic E-state index is 10.7. The van der Waals surface area contributed by atoms with Gasteiger partial charge in [0.2, 0.25) is 0 Å². The highest BCUT2D eigenvalue weighted by molar-refractivity contribution is 5.72. The molecule has 0 aromatic heterocycles. The van der Waals surface area contributed by atoms with Crippen molar-refractivity contribution in [3.05, 3.63) is 0 Å². The van der Waals surface area contributed by atoms with E-state index in [0.717, 1.165) is 13.1 Å². The van der Waals surface area contributed by atoms with E-state index in [-0.39, 0.29) is 12.2 Å². The van der Waals surface area contributed by atoms with E-state index in [4.69, 9.17) is 14.6 Å². The van der Waals surface area contributed by atoms with E-state index in [2.05, 4.69) is 5.32 Å². The molecule has 1 aliphatic rings. The van der Waals surface area contributed by atoms with E-state index in [1.807, 2.05) is 6.92 Å². The molecule has 88 valence electrons. The number of carboxylic acids is 1. The predicted molar refractivity (Wildman–Crippen MR) is 54.9 cm³/mol. The Morgan fingerprint density at radius 1 is 1.67 bits per heavy atom. The van der Waals surface area contributed by atoms with Crippen LogP contribution in [0.3, 0.4) is 0 Å². The van der Waals surface area contributed by atoms with Crippen LogP contribution in [0.4, 0.5) is 0 Å². The second kappa shape index (κ2) is 6.05. The predicted octanol–water partition coefficient (Wildman–Crippen LogP) is 0.243. The zero-order valence-electron chi connectivity index (χ0n) is 9.23. The molecular weight excluding hydrogens is 198 g/mol. The van der Waals surface area contributed by atoms with Crippen molar-refractivity contribution in [1.29, 1.82) is 0 Å². The summed E-state index contributed by atoms with van der Waals surface area (Å²) in [6.45, 7) is 5.67. The van der Waals surface area contributed by atoms with E-state index in [9.17, 15) is 4.79 Å². The summed E-state index contributed by atoms with van der Waals surface area (Å²) in [6, 6.07) is 0. The van der Waals surface area contributed by atoms with Crippen LogP contribution in [0.1, 0.15) is 20.3 Å². The second-order valence-electron chi connectivity index (χ2n) is 3.80. The van der Waals surface area contributed by atoms with Crippen molar-refractivity contribution < 1.29 is 19.4 Å². The zero-order valence-corrected chi connectivity index (χ0v) is 9.23. The van der Waals surface area contributed by atoms with Crippen molar-refractivity contribution in [3.8, 4) is 0 Å². The van der Waals surface area contributed by atoms with Gasteiger partial charge in [-0.2, -0.15) is 0 Å². The Hall–Kier alpha value is -0.650. The Labute approximate surface area is 89.8 Å². The largest absolute Gasteiger partial charge is 0.479 e. The lowest BCUT2D eigenvalue weighted by Crippen LogP contribution is -2.46. The fraction of sp³-hybridized carbons (Fsp3) is 0.900. The summed E-state index contributed by atoms with van der Waals surface area (Å²) in [5, 5.41) is 12.0. The lowest BCUT2D eigenvalue weighted by atomic mass is 10.2. The van der Waals surface area contributed by atoms with Gasteiger partial charge >= 0.3 is 5.97 Å². The van der Waals surface area contributed by atoms with E-state index in [0.29, 0.717) is 13.0 Å². The van der Waals surface area contributed by atoms with Gasteiger partial charge in [-0.05, 0) is 13.3 Å². The van der Waals surface area contributed by atoms with E-state index >= 15 is 0 Å². The summed E-state index contributed by atoms with van der Waals surface area (Å²) in [7, 11) is 0. The molecule has 3 atom stereocenters. The Balaban J connectivity index is 2.26. The average Bonchev–Trinajstić information content (AvgIpc) is 2.18. The molecule has 0 aromatic rings. The first-order valence-electron chi connectivity index (χ1n) is 5.34. The maximum Gasteiger partial charge on any atom is 0.332 e. The lowest BCUT2D eigenvalue weighted by Gasteiger charge is -2.29. The van der Waals surface area contributed by atoms with Crippen LogP contribution in [0.5, 0.6) is 0 Å². The molecule has 2 N–H and O–H groups in total. The first-order chi connectivity index (χ1) is 7.13. The van der Waals surface area contributed by atoms with Gasteiger partial charge in [0, 0.05) is 13.1 Å². The minimum Gasteiger partial charge on any atom is -0.479 e.